The molecule has 0 bridgehead atoms. The maximum Gasteiger partial charge on any atom is 0.271 e. The summed E-state index contributed by atoms with van der Waals surface area (Å²) >= 11 is 6.09. The van der Waals surface area contributed by atoms with Crippen LogP contribution in [0.4, 0.5) is 11.4 Å². The van der Waals surface area contributed by atoms with Crippen molar-refractivity contribution in [1.82, 2.24) is 0 Å². The largest absolute Gasteiger partial charge is 0.381 e. The molecule has 0 amide bonds. The van der Waals surface area contributed by atoms with Gasteiger partial charge >= 0.3 is 0 Å². The molecule has 1 N–H and O–H groups in total. The highest BCUT2D eigenvalue weighted by molar-refractivity contribution is 7.85. The van der Waals surface area contributed by atoms with Crippen LogP contribution in [-0.4, -0.2) is 26.2 Å². The van der Waals surface area contributed by atoms with E-state index in [0.717, 1.165) is 25.7 Å². The highest BCUT2D eigenvalue weighted by Crippen LogP contribution is 2.30. The summed E-state index contributed by atoms with van der Waals surface area (Å²) in [4.78, 5) is 10.2. The number of anilines is 1. The number of nitro benzene ring substituents is 1. The van der Waals surface area contributed by atoms with Gasteiger partial charge in [-0.2, -0.15) is 0 Å². The van der Waals surface area contributed by atoms with Crippen LogP contribution in [0.1, 0.15) is 32.6 Å². The van der Waals surface area contributed by atoms with E-state index in [0.29, 0.717) is 16.5 Å². The van der Waals surface area contributed by atoms with Crippen molar-refractivity contribution in [3.63, 3.8) is 0 Å². The van der Waals surface area contributed by atoms with Gasteiger partial charge in [-0.25, -0.2) is 0 Å². The second kappa shape index (κ2) is 7.22. The van der Waals surface area contributed by atoms with Gasteiger partial charge in [0.25, 0.3) is 5.69 Å². The fourth-order valence-electron chi connectivity index (χ4n) is 2.71. The first-order chi connectivity index (χ1) is 10.0. The molecule has 0 radical (unpaired) electrons. The Bertz CT molecular complexity index is 553. The number of nitrogens with zero attached hydrogens (tertiary/aromatic N) is 1. The molecule has 1 fully saturated rings. The Morgan fingerprint density at radius 3 is 2.86 bits per heavy atom. The third kappa shape index (κ3) is 4.17. The minimum atomic E-state index is -0.770. The average molecular weight is 331 g/mol. The van der Waals surface area contributed by atoms with Gasteiger partial charge in [0, 0.05) is 40.0 Å². The second-order valence-corrected chi connectivity index (χ2v) is 7.63. The number of nitro groups is 1. The SMILES string of the molecule is CCS(=O)C1CCCC(Nc2ccc([N+](=O)[O-])cc2Cl)C1. The maximum atomic E-state index is 11.9. The summed E-state index contributed by atoms with van der Waals surface area (Å²) in [6.45, 7) is 1.94. The number of hydrogen-bond acceptors (Lipinski definition) is 4. The fourth-order valence-corrected chi connectivity index (χ4v) is 4.28. The average Bonchev–Trinajstić information content (AvgIpc) is 2.48. The third-order valence-electron chi connectivity index (χ3n) is 3.81. The Hall–Kier alpha value is -1.14. The molecule has 1 aromatic carbocycles. The lowest BCUT2D eigenvalue weighted by Crippen LogP contribution is -2.33. The molecular weight excluding hydrogens is 312 g/mol. The van der Waals surface area contributed by atoms with Crippen LogP contribution >= 0.6 is 11.6 Å². The molecular formula is C14H19ClN2O3S. The lowest BCUT2D eigenvalue weighted by atomic mass is 9.94. The van der Waals surface area contributed by atoms with Crippen LogP contribution in [0, 0.1) is 10.1 Å². The third-order valence-corrected chi connectivity index (χ3v) is 5.86. The van der Waals surface area contributed by atoms with Gasteiger partial charge in [-0.15, -0.1) is 0 Å². The van der Waals surface area contributed by atoms with Gasteiger partial charge in [-0.1, -0.05) is 24.9 Å². The Labute approximate surface area is 131 Å². The van der Waals surface area contributed by atoms with E-state index in [-0.39, 0.29) is 17.0 Å². The molecule has 0 spiro atoms. The van der Waals surface area contributed by atoms with E-state index in [1.807, 2.05) is 6.92 Å². The van der Waals surface area contributed by atoms with Crippen LogP contribution in [0.15, 0.2) is 18.2 Å². The van der Waals surface area contributed by atoms with Gasteiger partial charge in [-0.05, 0) is 25.3 Å². The lowest BCUT2D eigenvalue weighted by molar-refractivity contribution is -0.384. The van der Waals surface area contributed by atoms with Crippen molar-refractivity contribution in [3.8, 4) is 0 Å². The summed E-state index contributed by atoms with van der Waals surface area (Å²) in [5.74, 6) is 0.690. The first-order valence-electron chi connectivity index (χ1n) is 7.09. The van der Waals surface area contributed by atoms with Crippen molar-refractivity contribution < 1.29 is 9.13 Å². The van der Waals surface area contributed by atoms with Crippen molar-refractivity contribution in [2.45, 2.75) is 43.9 Å². The van der Waals surface area contributed by atoms with Crippen LogP contribution in [-0.2, 0) is 10.8 Å². The molecule has 7 heteroatoms. The smallest absolute Gasteiger partial charge is 0.271 e. The van der Waals surface area contributed by atoms with E-state index in [2.05, 4.69) is 5.32 Å². The Morgan fingerprint density at radius 1 is 1.48 bits per heavy atom. The molecule has 2 rings (SSSR count). The molecule has 5 nitrogen and oxygen atoms in total. The fraction of sp³-hybridized carbons (Fsp3) is 0.571. The summed E-state index contributed by atoms with van der Waals surface area (Å²) in [5.41, 5.74) is 0.689. The van der Waals surface area contributed by atoms with Gasteiger partial charge < -0.3 is 5.32 Å². The quantitative estimate of drug-likeness (QED) is 0.659. The van der Waals surface area contributed by atoms with Gasteiger partial charge in [0.15, 0.2) is 0 Å². The summed E-state index contributed by atoms with van der Waals surface area (Å²) < 4.78 is 11.9. The predicted molar refractivity (Wildman–Crippen MR) is 86.5 cm³/mol. The number of hydrogen-bond donors (Lipinski definition) is 1. The second-order valence-electron chi connectivity index (χ2n) is 5.22. The summed E-state index contributed by atoms with van der Waals surface area (Å²) in [5, 5.41) is 14.6. The monoisotopic (exact) mass is 330 g/mol. The topological polar surface area (TPSA) is 72.2 Å². The zero-order valence-electron chi connectivity index (χ0n) is 11.9. The Balaban J connectivity index is 2.04. The minimum Gasteiger partial charge on any atom is -0.381 e. The number of halogens is 1. The number of nitrogens with one attached hydrogen (secondary N) is 1. The molecule has 1 aromatic rings. The van der Waals surface area contributed by atoms with Gasteiger partial charge in [0.1, 0.15) is 0 Å². The molecule has 21 heavy (non-hydrogen) atoms. The maximum absolute atomic E-state index is 11.9. The van der Waals surface area contributed by atoms with E-state index in [1.54, 1.807) is 6.07 Å². The van der Waals surface area contributed by atoms with E-state index >= 15 is 0 Å². The zero-order chi connectivity index (χ0) is 15.4. The van der Waals surface area contributed by atoms with Crippen LogP contribution in [0.3, 0.4) is 0 Å². The van der Waals surface area contributed by atoms with E-state index in [9.17, 15) is 14.3 Å². The molecule has 0 aliphatic heterocycles. The van der Waals surface area contributed by atoms with Crippen LogP contribution in [0.2, 0.25) is 5.02 Å². The Morgan fingerprint density at radius 2 is 2.24 bits per heavy atom. The van der Waals surface area contributed by atoms with E-state index in [4.69, 9.17) is 11.6 Å². The molecule has 116 valence electrons. The van der Waals surface area contributed by atoms with Crippen molar-refractivity contribution in [1.29, 1.82) is 0 Å². The van der Waals surface area contributed by atoms with E-state index in [1.165, 1.54) is 12.1 Å². The molecule has 1 aliphatic rings. The van der Waals surface area contributed by atoms with Gasteiger partial charge in [-0.3, -0.25) is 14.3 Å². The normalized spacial score (nSPS) is 23.5. The Kier molecular flexibility index (Phi) is 5.58. The van der Waals surface area contributed by atoms with Crippen molar-refractivity contribution >= 4 is 33.8 Å². The summed E-state index contributed by atoms with van der Waals surface area (Å²) in [7, 11) is -0.770. The molecule has 0 saturated heterocycles. The molecule has 0 heterocycles. The van der Waals surface area contributed by atoms with E-state index < -0.39 is 15.7 Å². The molecule has 3 atom stereocenters. The predicted octanol–water partition coefficient (Wildman–Crippen LogP) is 3.74. The number of non-ortho nitro benzene ring substituents is 1. The first kappa shape index (κ1) is 16.2. The summed E-state index contributed by atoms with van der Waals surface area (Å²) in [6.07, 6.45) is 3.91. The minimum absolute atomic E-state index is 0.0147. The highest BCUT2D eigenvalue weighted by Gasteiger charge is 2.26. The summed E-state index contributed by atoms with van der Waals surface area (Å²) in [6, 6.07) is 4.66. The molecule has 0 aromatic heterocycles. The molecule has 3 unspecified atom stereocenters. The zero-order valence-corrected chi connectivity index (χ0v) is 13.5. The van der Waals surface area contributed by atoms with Gasteiger partial charge in [0.05, 0.1) is 15.6 Å². The van der Waals surface area contributed by atoms with Crippen LogP contribution in [0.25, 0.3) is 0 Å². The van der Waals surface area contributed by atoms with Gasteiger partial charge in [0.2, 0.25) is 0 Å². The van der Waals surface area contributed by atoms with Crippen LogP contribution < -0.4 is 5.32 Å². The first-order valence-corrected chi connectivity index (χ1v) is 8.85. The van der Waals surface area contributed by atoms with Crippen LogP contribution in [0.5, 0.6) is 0 Å². The molecule has 1 aliphatic carbocycles. The molecule has 1 saturated carbocycles. The lowest BCUT2D eigenvalue weighted by Gasteiger charge is -2.30. The van der Waals surface area contributed by atoms with Crippen molar-refractivity contribution in [2.75, 3.05) is 11.1 Å². The number of rotatable bonds is 5. The number of benzene rings is 1. The van der Waals surface area contributed by atoms with Crippen molar-refractivity contribution in [2.24, 2.45) is 0 Å². The van der Waals surface area contributed by atoms with Crippen molar-refractivity contribution in [3.05, 3.63) is 33.3 Å². The standard InChI is InChI=1S/C14H19ClN2O3S/c1-2-21(20)12-5-3-4-10(8-12)16-14-7-6-11(17(18)19)9-13(14)15/h6-7,9-10,12,16H,2-5,8H2,1H3. The highest BCUT2D eigenvalue weighted by atomic mass is 35.5.